The highest BCUT2D eigenvalue weighted by molar-refractivity contribution is 7.19. The summed E-state index contributed by atoms with van der Waals surface area (Å²) < 4.78 is 79.1. The van der Waals surface area contributed by atoms with E-state index in [4.69, 9.17) is 14.6 Å². The van der Waals surface area contributed by atoms with E-state index in [9.17, 15) is 35.9 Å². The molecule has 1 aliphatic carbocycles. The highest BCUT2D eigenvalue weighted by Gasteiger charge is 2.72. The highest BCUT2D eigenvalue weighted by Crippen LogP contribution is 2.63. The highest BCUT2D eigenvalue weighted by atomic mass is 32.1. The van der Waals surface area contributed by atoms with Crippen LogP contribution in [0, 0.1) is 17.3 Å². The molecule has 44 heavy (non-hydrogen) atoms. The van der Waals surface area contributed by atoms with Gasteiger partial charge in [-0.05, 0) is 23.6 Å². The van der Waals surface area contributed by atoms with Gasteiger partial charge in [0, 0.05) is 47.9 Å². The average Bonchev–Trinajstić information content (AvgIpc) is 3.18. The van der Waals surface area contributed by atoms with E-state index in [1.54, 1.807) is 18.3 Å². The maximum absolute atomic E-state index is 13.6. The van der Waals surface area contributed by atoms with E-state index in [1.807, 2.05) is 13.8 Å². The number of carboxylic acid groups (broad SMARTS) is 1. The molecule has 0 spiro atoms. The molecule has 3 fully saturated rings. The zero-order valence-corrected chi connectivity index (χ0v) is 24.1. The molecule has 3 aromatic heterocycles. The van der Waals surface area contributed by atoms with Crippen molar-refractivity contribution in [2.24, 2.45) is 17.3 Å². The fourth-order valence-electron chi connectivity index (χ4n) is 5.60. The van der Waals surface area contributed by atoms with E-state index in [-0.39, 0.29) is 41.7 Å². The average molecular weight is 645 g/mol. The largest absolute Gasteiger partial charge is 0.490 e. The topological polar surface area (TPSA) is 122 Å². The monoisotopic (exact) mass is 644 g/mol. The van der Waals surface area contributed by atoms with Crippen LogP contribution in [0.15, 0.2) is 30.6 Å². The van der Waals surface area contributed by atoms with Crippen molar-refractivity contribution in [2.45, 2.75) is 45.3 Å². The van der Waals surface area contributed by atoms with Gasteiger partial charge in [-0.1, -0.05) is 13.8 Å². The molecular weight excluding hydrogens is 618 g/mol. The van der Waals surface area contributed by atoms with Gasteiger partial charge >= 0.3 is 18.3 Å². The zero-order chi connectivity index (χ0) is 32.2. The molecule has 9 nitrogen and oxygen atoms in total. The molecule has 0 radical (unpaired) electrons. The number of fused-ring (bicyclic) bond motifs is 2. The number of rotatable bonds is 5. The number of imide groups is 1. The van der Waals surface area contributed by atoms with Crippen LogP contribution in [0.3, 0.4) is 0 Å². The summed E-state index contributed by atoms with van der Waals surface area (Å²) in [5, 5.41) is 10.4. The molecule has 0 bridgehead atoms. The number of aliphatic carboxylic acids is 1. The Labute approximate surface area is 250 Å². The third kappa shape index (κ3) is 6.15. The van der Waals surface area contributed by atoms with Crippen LogP contribution in [0.2, 0.25) is 0 Å². The second kappa shape index (κ2) is 11.4. The number of alkyl halides is 6. The SMILES string of the molecule is CC1(C)C2C(=O)N(Cc3cc4nccc(-c5cc(C(F)(F)F)cnc5C[C@@H]5CNCCO5)c4s3)C(=O)C21.O=C(O)C(F)(F)F. The molecule has 2 aliphatic heterocycles. The molecule has 2 unspecified atom stereocenters. The Hall–Kier alpha value is -3.63. The van der Waals surface area contributed by atoms with E-state index in [1.165, 1.54) is 16.2 Å². The van der Waals surface area contributed by atoms with E-state index in [0.29, 0.717) is 46.6 Å². The predicted molar refractivity (Wildman–Crippen MR) is 144 cm³/mol. The van der Waals surface area contributed by atoms with Crippen molar-refractivity contribution >= 4 is 39.3 Å². The van der Waals surface area contributed by atoms with Crippen molar-refractivity contribution in [3.8, 4) is 11.1 Å². The second-order valence-electron chi connectivity index (χ2n) is 11.2. The fourth-order valence-corrected chi connectivity index (χ4v) is 6.73. The molecule has 3 atom stereocenters. The molecule has 236 valence electrons. The Kier molecular flexibility index (Phi) is 8.22. The number of carbonyl (C=O) groups excluding carboxylic acids is 2. The Morgan fingerprint density at radius 3 is 2.34 bits per heavy atom. The third-order valence-electron chi connectivity index (χ3n) is 7.92. The predicted octanol–water partition coefficient (Wildman–Crippen LogP) is 4.68. The van der Waals surface area contributed by atoms with Crippen LogP contribution in [0.5, 0.6) is 0 Å². The maximum atomic E-state index is 13.6. The third-order valence-corrected chi connectivity index (χ3v) is 9.07. The lowest BCUT2D eigenvalue weighted by Crippen LogP contribution is -2.39. The number of ether oxygens (including phenoxy) is 1. The van der Waals surface area contributed by atoms with Gasteiger partial charge in [0.15, 0.2) is 0 Å². The summed E-state index contributed by atoms with van der Waals surface area (Å²) in [7, 11) is 0. The zero-order valence-electron chi connectivity index (χ0n) is 23.3. The van der Waals surface area contributed by atoms with Crippen LogP contribution in [-0.2, 0) is 38.3 Å². The van der Waals surface area contributed by atoms with Gasteiger partial charge in [-0.25, -0.2) is 4.79 Å². The van der Waals surface area contributed by atoms with E-state index < -0.39 is 23.9 Å². The van der Waals surface area contributed by atoms with Gasteiger partial charge in [0.2, 0.25) is 11.8 Å². The number of likely N-dealkylation sites (tertiary alicyclic amines) is 1. The number of carbonyl (C=O) groups is 3. The normalized spacial score (nSPS) is 22.9. The number of pyridine rings is 2. The molecular formula is C28H26F6N4O5S. The van der Waals surface area contributed by atoms with E-state index in [2.05, 4.69) is 15.3 Å². The number of amides is 2. The minimum Gasteiger partial charge on any atom is -0.475 e. The number of halogens is 6. The van der Waals surface area contributed by atoms with Crippen molar-refractivity contribution in [1.29, 1.82) is 0 Å². The Morgan fingerprint density at radius 1 is 1.11 bits per heavy atom. The van der Waals surface area contributed by atoms with Crippen LogP contribution in [0.25, 0.3) is 21.3 Å². The summed E-state index contributed by atoms with van der Waals surface area (Å²) in [6.07, 6.45) is -7.04. The first-order valence-electron chi connectivity index (χ1n) is 13.4. The molecule has 0 aromatic carbocycles. The number of morpholine rings is 1. The van der Waals surface area contributed by atoms with Gasteiger partial charge in [0.1, 0.15) is 0 Å². The van der Waals surface area contributed by atoms with Gasteiger partial charge < -0.3 is 15.2 Å². The van der Waals surface area contributed by atoms with E-state index >= 15 is 0 Å². The smallest absolute Gasteiger partial charge is 0.475 e. The summed E-state index contributed by atoms with van der Waals surface area (Å²) in [5.74, 6) is -3.60. The van der Waals surface area contributed by atoms with Gasteiger partial charge in [0.25, 0.3) is 0 Å². The molecule has 3 aliphatic rings. The first kappa shape index (κ1) is 31.8. The molecule has 6 rings (SSSR count). The standard InChI is InChI=1S/C26H25F3N4O3S.C2HF3O2/c1-25(2)20-21(25)24(35)33(23(20)34)12-15-9-19-22(37-15)16(3-4-31-19)17-7-13(26(27,28)29)10-32-18(17)8-14-11-30-5-6-36-14;3-2(4,5)1(6)7/h3-4,7,9-10,14,20-21,30H,5-6,8,11-12H2,1-2H3;(H,6,7)/t14-,20?,21?;/m1./s1. The summed E-state index contributed by atoms with van der Waals surface area (Å²) in [4.78, 5) is 45.2. The number of piperidine rings is 1. The summed E-state index contributed by atoms with van der Waals surface area (Å²) in [6, 6.07) is 4.62. The number of nitrogens with one attached hydrogen (secondary N) is 1. The van der Waals surface area contributed by atoms with Crippen LogP contribution >= 0.6 is 11.3 Å². The van der Waals surface area contributed by atoms with Crippen molar-refractivity contribution < 1.29 is 50.6 Å². The maximum Gasteiger partial charge on any atom is 0.490 e. The Morgan fingerprint density at radius 2 is 1.77 bits per heavy atom. The van der Waals surface area contributed by atoms with Crippen molar-refractivity contribution in [3.63, 3.8) is 0 Å². The van der Waals surface area contributed by atoms with Crippen LogP contribution in [0.4, 0.5) is 26.3 Å². The van der Waals surface area contributed by atoms with Crippen LogP contribution in [0.1, 0.15) is 30.0 Å². The first-order valence-corrected chi connectivity index (χ1v) is 14.2. The lowest BCUT2D eigenvalue weighted by Gasteiger charge is -2.24. The molecule has 1 saturated carbocycles. The molecule has 2 saturated heterocycles. The number of hydrogen-bond donors (Lipinski definition) is 2. The quantitative estimate of drug-likeness (QED) is 0.304. The molecule has 16 heteroatoms. The van der Waals surface area contributed by atoms with Crippen molar-refractivity contribution in [2.75, 3.05) is 19.7 Å². The number of nitrogens with zero attached hydrogens (tertiary/aromatic N) is 3. The molecule has 3 aromatic rings. The number of carboxylic acids is 1. The minimum absolute atomic E-state index is 0.135. The fraction of sp³-hybridized carbons (Fsp3) is 0.464. The van der Waals surface area contributed by atoms with Crippen LogP contribution in [-0.4, -0.2) is 69.7 Å². The van der Waals surface area contributed by atoms with Crippen molar-refractivity contribution in [3.05, 3.63) is 46.7 Å². The Balaban J connectivity index is 0.000000493. The minimum atomic E-state index is -5.08. The molecule has 5 heterocycles. The van der Waals surface area contributed by atoms with E-state index in [0.717, 1.165) is 23.7 Å². The Bertz CT molecular complexity index is 1590. The first-order chi connectivity index (χ1) is 20.5. The molecule has 2 N–H and O–H groups in total. The summed E-state index contributed by atoms with van der Waals surface area (Å²) >= 11 is 1.33. The number of aromatic nitrogens is 2. The lowest BCUT2D eigenvalue weighted by atomic mass is 9.98. The van der Waals surface area contributed by atoms with Crippen LogP contribution < -0.4 is 5.32 Å². The number of hydrogen-bond acceptors (Lipinski definition) is 8. The van der Waals surface area contributed by atoms with Crippen molar-refractivity contribution in [1.82, 2.24) is 20.2 Å². The van der Waals surface area contributed by atoms with Gasteiger partial charge in [-0.15, -0.1) is 11.3 Å². The van der Waals surface area contributed by atoms with Gasteiger partial charge in [0.05, 0.1) is 52.6 Å². The lowest BCUT2D eigenvalue weighted by molar-refractivity contribution is -0.192. The summed E-state index contributed by atoms with van der Waals surface area (Å²) in [6.45, 7) is 5.85. The summed E-state index contributed by atoms with van der Waals surface area (Å²) in [5.41, 5.74) is 0.954. The van der Waals surface area contributed by atoms with Gasteiger partial charge in [-0.3, -0.25) is 24.5 Å². The van der Waals surface area contributed by atoms with Gasteiger partial charge in [-0.2, -0.15) is 26.3 Å². The molecule has 2 amide bonds. The second-order valence-corrected chi connectivity index (χ2v) is 12.4. The number of thiophene rings is 1.